The lowest BCUT2D eigenvalue weighted by Crippen LogP contribution is -2.40. The first-order valence-corrected chi connectivity index (χ1v) is 8.09. The van der Waals surface area contributed by atoms with Gasteiger partial charge in [-0.05, 0) is 12.1 Å². The van der Waals surface area contributed by atoms with E-state index in [1.807, 2.05) is 4.90 Å². The van der Waals surface area contributed by atoms with Gasteiger partial charge in [0.15, 0.2) is 0 Å². The van der Waals surface area contributed by atoms with Crippen molar-refractivity contribution in [1.82, 2.24) is 14.7 Å². The average molecular weight is 375 g/mol. The van der Waals surface area contributed by atoms with Crippen LogP contribution in [0, 0.1) is 0 Å². The summed E-state index contributed by atoms with van der Waals surface area (Å²) in [4.78, 5) is 14.7. The molecule has 0 atom stereocenters. The number of nitrogens with zero attached hydrogens (tertiary/aromatic N) is 2. The molecule has 5 nitrogen and oxygen atoms in total. The number of H-pyrrole nitrogens is 1. The second kappa shape index (κ2) is 6.61. The van der Waals surface area contributed by atoms with Gasteiger partial charge in [-0.25, -0.2) is 4.68 Å². The first-order valence-electron chi connectivity index (χ1n) is 6.96. The smallest absolute Gasteiger partial charge is 0.280 e. The van der Waals surface area contributed by atoms with Crippen molar-refractivity contribution in [2.45, 2.75) is 0 Å². The van der Waals surface area contributed by atoms with Gasteiger partial charge in [0.05, 0.1) is 33.8 Å². The zero-order chi connectivity index (χ0) is 16.6. The quantitative estimate of drug-likeness (QED) is 0.869. The van der Waals surface area contributed by atoms with Crippen LogP contribution in [0.4, 0.5) is 0 Å². The molecule has 3 rings (SSSR count). The van der Waals surface area contributed by atoms with Crippen LogP contribution in [0.1, 0.15) is 0 Å². The van der Waals surface area contributed by atoms with E-state index < -0.39 is 0 Å². The second-order valence-corrected chi connectivity index (χ2v) is 6.39. The van der Waals surface area contributed by atoms with Crippen molar-refractivity contribution >= 4 is 47.6 Å². The van der Waals surface area contributed by atoms with E-state index >= 15 is 0 Å². The number of halogens is 3. The van der Waals surface area contributed by atoms with Gasteiger partial charge in [-0.1, -0.05) is 41.4 Å². The summed E-state index contributed by atoms with van der Waals surface area (Å²) < 4.78 is 6.59. The van der Waals surface area contributed by atoms with Crippen LogP contribution in [0.3, 0.4) is 0 Å². The number of ether oxygens (including phenoxy) is 1. The van der Waals surface area contributed by atoms with Crippen LogP contribution in [-0.4, -0.2) is 41.0 Å². The maximum absolute atomic E-state index is 12.7. The van der Waals surface area contributed by atoms with Crippen LogP contribution in [0.25, 0.3) is 18.5 Å². The Bertz CT molecular complexity index is 875. The molecule has 122 valence electrons. The molecule has 1 aromatic carbocycles. The van der Waals surface area contributed by atoms with Crippen molar-refractivity contribution in [2.24, 2.45) is 0 Å². The first kappa shape index (κ1) is 16.5. The lowest BCUT2D eigenvalue weighted by atomic mass is 10.3. The van der Waals surface area contributed by atoms with Crippen molar-refractivity contribution in [3.63, 3.8) is 0 Å². The third-order valence-corrected chi connectivity index (χ3v) is 4.36. The molecule has 1 aliphatic rings. The number of morpholine rings is 1. The molecular weight excluding hydrogens is 361 g/mol. The van der Waals surface area contributed by atoms with E-state index in [9.17, 15) is 4.79 Å². The van der Waals surface area contributed by atoms with E-state index in [4.69, 9.17) is 39.5 Å². The molecule has 1 aromatic heterocycles. The molecule has 0 radical (unpaired) electrons. The molecule has 1 fully saturated rings. The average Bonchev–Trinajstić information content (AvgIpc) is 2.76. The number of aromatic nitrogens is 2. The van der Waals surface area contributed by atoms with Gasteiger partial charge in [0.1, 0.15) is 5.69 Å². The number of hydrogen-bond donors (Lipinski definition) is 1. The van der Waals surface area contributed by atoms with Crippen LogP contribution in [0.5, 0.6) is 0 Å². The van der Waals surface area contributed by atoms with Gasteiger partial charge in [0.25, 0.3) is 5.56 Å². The maximum atomic E-state index is 12.7. The van der Waals surface area contributed by atoms with Crippen molar-refractivity contribution in [3.05, 3.63) is 48.1 Å². The summed E-state index contributed by atoms with van der Waals surface area (Å²) in [6.07, 6.45) is 1.79. The molecule has 1 N–H and O–H groups in total. The topological polar surface area (TPSA) is 50.3 Å². The van der Waals surface area contributed by atoms with Gasteiger partial charge >= 0.3 is 0 Å². The molecule has 0 bridgehead atoms. The van der Waals surface area contributed by atoms with E-state index in [2.05, 4.69) is 11.7 Å². The van der Waals surface area contributed by atoms with Gasteiger partial charge in [-0.2, -0.15) is 0 Å². The summed E-state index contributed by atoms with van der Waals surface area (Å²) in [5.41, 5.74) is 0.0851. The molecule has 0 amide bonds. The lowest BCUT2D eigenvalue weighted by molar-refractivity contribution is 0.0662. The summed E-state index contributed by atoms with van der Waals surface area (Å²) in [5, 5.41) is 4.83. The molecular formula is C15H14Cl3N3O2. The fourth-order valence-electron chi connectivity index (χ4n) is 2.42. The third-order valence-electron chi connectivity index (χ3n) is 3.57. The number of aromatic amines is 1. The molecule has 0 aliphatic carbocycles. The Hall–Kier alpha value is -1.40. The van der Waals surface area contributed by atoms with E-state index in [1.54, 1.807) is 6.20 Å². The molecule has 0 saturated carbocycles. The molecule has 1 saturated heterocycles. The van der Waals surface area contributed by atoms with Crippen molar-refractivity contribution in [3.8, 4) is 5.69 Å². The highest BCUT2D eigenvalue weighted by Crippen LogP contribution is 2.30. The summed E-state index contributed by atoms with van der Waals surface area (Å²) >= 11 is 18.3. The summed E-state index contributed by atoms with van der Waals surface area (Å²) in [7, 11) is 0. The summed E-state index contributed by atoms with van der Waals surface area (Å²) in [6.45, 7) is 6.62. The summed E-state index contributed by atoms with van der Waals surface area (Å²) in [5.74, 6) is 0. The Labute approximate surface area is 147 Å². The standard InChI is InChI=1S/C15H14Cl3N3O2/c1-9-11(8-20-2-4-23-5-3-20)15(22)21(19-9)14-12(17)6-10(16)7-13(14)18/h6-8,19H,1-5H2. The predicted octanol–water partition coefficient (Wildman–Crippen LogP) is 1.61. The Kier molecular flexibility index (Phi) is 4.73. The highest BCUT2D eigenvalue weighted by atomic mass is 35.5. The van der Waals surface area contributed by atoms with Gasteiger partial charge in [-0.15, -0.1) is 0 Å². The minimum Gasteiger partial charge on any atom is -0.378 e. The van der Waals surface area contributed by atoms with E-state index in [1.165, 1.54) is 16.8 Å². The van der Waals surface area contributed by atoms with E-state index in [-0.39, 0.29) is 15.6 Å². The Morgan fingerprint density at radius 2 is 1.78 bits per heavy atom. The Balaban J connectivity index is 2.14. The Morgan fingerprint density at radius 3 is 2.39 bits per heavy atom. The van der Waals surface area contributed by atoms with Gasteiger partial charge in [0, 0.05) is 24.3 Å². The number of hydrogen-bond acceptors (Lipinski definition) is 3. The van der Waals surface area contributed by atoms with Gasteiger partial charge in [0.2, 0.25) is 0 Å². The molecule has 0 spiro atoms. The van der Waals surface area contributed by atoms with Crippen LogP contribution in [0.15, 0.2) is 16.9 Å². The third kappa shape index (κ3) is 3.28. The van der Waals surface area contributed by atoms with Crippen molar-refractivity contribution in [2.75, 3.05) is 26.3 Å². The zero-order valence-corrected chi connectivity index (χ0v) is 14.4. The van der Waals surface area contributed by atoms with Crippen LogP contribution >= 0.6 is 34.8 Å². The highest BCUT2D eigenvalue weighted by Gasteiger charge is 2.15. The van der Waals surface area contributed by atoms with Gasteiger partial charge < -0.3 is 9.64 Å². The predicted molar refractivity (Wildman–Crippen MR) is 93.0 cm³/mol. The molecule has 1 aliphatic heterocycles. The fraction of sp³-hybridized carbons (Fsp3) is 0.267. The van der Waals surface area contributed by atoms with Crippen LogP contribution in [0.2, 0.25) is 15.1 Å². The highest BCUT2D eigenvalue weighted by molar-refractivity contribution is 6.40. The SMILES string of the molecule is C=c1[nH]n(-c2c(Cl)cc(Cl)cc2Cl)c(=O)c1=CN1CCOCC1. The largest absolute Gasteiger partial charge is 0.378 e. The first-order chi connectivity index (χ1) is 11.0. The molecule has 23 heavy (non-hydrogen) atoms. The van der Waals surface area contributed by atoms with Crippen molar-refractivity contribution in [1.29, 1.82) is 0 Å². The molecule has 2 aromatic rings. The van der Waals surface area contributed by atoms with Gasteiger partial charge in [-0.3, -0.25) is 9.89 Å². The number of nitrogens with one attached hydrogen (secondary N) is 1. The number of rotatable bonds is 2. The fourth-order valence-corrected chi connectivity index (χ4v) is 3.41. The Morgan fingerprint density at radius 1 is 1.17 bits per heavy atom. The molecule has 8 heteroatoms. The molecule has 0 unspecified atom stereocenters. The molecule has 2 heterocycles. The lowest BCUT2D eigenvalue weighted by Gasteiger charge is -2.24. The van der Waals surface area contributed by atoms with Crippen LogP contribution in [-0.2, 0) is 4.74 Å². The maximum Gasteiger partial charge on any atom is 0.280 e. The number of benzene rings is 1. The van der Waals surface area contributed by atoms with Crippen molar-refractivity contribution < 1.29 is 4.74 Å². The zero-order valence-electron chi connectivity index (χ0n) is 12.1. The van der Waals surface area contributed by atoms with Crippen LogP contribution < -0.4 is 16.1 Å². The van der Waals surface area contributed by atoms with E-state index in [0.717, 1.165) is 13.1 Å². The minimum absolute atomic E-state index is 0.271. The second-order valence-electron chi connectivity index (χ2n) is 5.14. The monoisotopic (exact) mass is 373 g/mol. The minimum atomic E-state index is -0.271. The van der Waals surface area contributed by atoms with E-state index in [0.29, 0.717) is 34.5 Å². The summed E-state index contributed by atoms with van der Waals surface area (Å²) in [6, 6.07) is 3.07. The normalized spacial score (nSPS) is 16.1.